The number of hydrogen-bond donors (Lipinski definition) is 2. The lowest BCUT2D eigenvalue weighted by Gasteiger charge is -2.16. The van der Waals surface area contributed by atoms with Gasteiger partial charge in [-0.1, -0.05) is 25.7 Å². The predicted octanol–water partition coefficient (Wildman–Crippen LogP) is 3.04. The van der Waals surface area contributed by atoms with E-state index in [1.165, 1.54) is 44.9 Å². The highest BCUT2D eigenvalue weighted by Crippen LogP contribution is 2.17. The first-order valence-corrected chi connectivity index (χ1v) is 9.21. The van der Waals surface area contributed by atoms with Crippen molar-refractivity contribution >= 4 is 18.3 Å². The van der Waals surface area contributed by atoms with Crippen LogP contribution in [0.3, 0.4) is 0 Å². The van der Waals surface area contributed by atoms with Crippen molar-refractivity contribution < 1.29 is 4.79 Å². The fourth-order valence-electron chi connectivity index (χ4n) is 3.42. The largest absolute Gasteiger partial charge is 0.351 e. The molecule has 6 nitrogen and oxygen atoms in total. The van der Waals surface area contributed by atoms with E-state index in [1.54, 1.807) is 11.0 Å². The molecule has 1 aliphatic carbocycles. The van der Waals surface area contributed by atoms with Gasteiger partial charge in [-0.2, -0.15) is 5.10 Å². The van der Waals surface area contributed by atoms with E-state index < -0.39 is 0 Å². The quantitative estimate of drug-likeness (QED) is 0.599. The zero-order chi connectivity index (χ0) is 17.5. The smallest absolute Gasteiger partial charge is 0.251 e. The molecule has 0 unspecified atom stereocenters. The molecule has 2 N–H and O–H groups in total. The minimum atomic E-state index is -0.0229. The van der Waals surface area contributed by atoms with Crippen LogP contribution in [0.1, 0.15) is 54.4 Å². The molecule has 1 aromatic carbocycles. The number of nitrogens with one attached hydrogen (secondary N) is 2. The Morgan fingerprint density at radius 3 is 2.62 bits per heavy atom. The molecule has 7 heteroatoms. The summed E-state index contributed by atoms with van der Waals surface area (Å²) in [5.74, 6) is -0.0229. The van der Waals surface area contributed by atoms with Gasteiger partial charge in [0.2, 0.25) is 0 Å². The summed E-state index contributed by atoms with van der Waals surface area (Å²) >= 11 is 0. The number of nitrogens with zero attached hydrogens (tertiary/aromatic N) is 3. The molecule has 1 aromatic heterocycles. The lowest BCUT2D eigenvalue weighted by Crippen LogP contribution is -2.37. The van der Waals surface area contributed by atoms with Gasteiger partial charge in [0, 0.05) is 24.7 Å². The molecule has 0 aliphatic heterocycles. The van der Waals surface area contributed by atoms with E-state index in [4.69, 9.17) is 0 Å². The minimum absolute atomic E-state index is 0. The third kappa shape index (κ3) is 5.54. The van der Waals surface area contributed by atoms with Crippen LogP contribution < -0.4 is 10.6 Å². The van der Waals surface area contributed by atoms with Gasteiger partial charge in [0.25, 0.3) is 5.91 Å². The van der Waals surface area contributed by atoms with Gasteiger partial charge in [0.15, 0.2) is 0 Å². The molecule has 142 valence electrons. The second-order valence-electron chi connectivity index (χ2n) is 6.74. The fraction of sp³-hybridized carbons (Fsp3) is 0.526. The van der Waals surface area contributed by atoms with Gasteiger partial charge in [0.05, 0.1) is 5.69 Å². The Morgan fingerprint density at radius 2 is 1.96 bits per heavy atom. The van der Waals surface area contributed by atoms with Crippen molar-refractivity contribution in [1.82, 2.24) is 25.4 Å². The summed E-state index contributed by atoms with van der Waals surface area (Å²) in [5, 5.41) is 10.7. The van der Waals surface area contributed by atoms with Crippen molar-refractivity contribution in [3.8, 4) is 5.69 Å². The van der Waals surface area contributed by atoms with Crippen LogP contribution in [-0.4, -0.2) is 39.8 Å². The maximum atomic E-state index is 12.4. The van der Waals surface area contributed by atoms with Crippen LogP contribution >= 0.6 is 12.4 Å². The van der Waals surface area contributed by atoms with E-state index in [1.807, 2.05) is 25.1 Å². The molecule has 0 spiro atoms. The van der Waals surface area contributed by atoms with Crippen molar-refractivity contribution in [3.63, 3.8) is 0 Å². The molecule has 0 bridgehead atoms. The zero-order valence-electron chi connectivity index (χ0n) is 15.3. The lowest BCUT2D eigenvalue weighted by atomic mass is 10.1. The number of rotatable bonds is 6. The first-order chi connectivity index (χ1) is 12.2. The summed E-state index contributed by atoms with van der Waals surface area (Å²) in [5.41, 5.74) is 2.54. The minimum Gasteiger partial charge on any atom is -0.351 e. The summed E-state index contributed by atoms with van der Waals surface area (Å²) in [7, 11) is 0. The van der Waals surface area contributed by atoms with Crippen molar-refractivity contribution in [2.45, 2.75) is 51.5 Å². The Labute approximate surface area is 161 Å². The third-order valence-electron chi connectivity index (χ3n) is 4.84. The molecular weight excluding hydrogens is 350 g/mol. The number of hydrogen-bond acceptors (Lipinski definition) is 4. The average Bonchev–Trinajstić information content (AvgIpc) is 3.03. The molecule has 2 aromatic rings. The van der Waals surface area contributed by atoms with Crippen LogP contribution in [0.25, 0.3) is 5.69 Å². The zero-order valence-corrected chi connectivity index (χ0v) is 16.1. The summed E-state index contributed by atoms with van der Waals surface area (Å²) in [4.78, 5) is 16.3. The molecule has 1 fully saturated rings. The topological polar surface area (TPSA) is 71.8 Å². The summed E-state index contributed by atoms with van der Waals surface area (Å²) in [6.45, 7) is 3.42. The van der Waals surface area contributed by atoms with Crippen LogP contribution in [-0.2, 0) is 0 Å². The second-order valence-corrected chi connectivity index (χ2v) is 6.74. The van der Waals surface area contributed by atoms with Crippen LogP contribution in [0.2, 0.25) is 0 Å². The Bertz CT molecular complexity index is 681. The Morgan fingerprint density at radius 1 is 1.19 bits per heavy atom. The number of aromatic nitrogens is 3. The van der Waals surface area contributed by atoms with Crippen molar-refractivity contribution in [3.05, 3.63) is 42.0 Å². The monoisotopic (exact) mass is 377 g/mol. The number of benzene rings is 1. The van der Waals surface area contributed by atoms with Crippen molar-refractivity contribution in [2.75, 3.05) is 13.1 Å². The molecule has 26 heavy (non-hydrogen) atoms. The van der Waals surface area contributed by atoms with Crippen molar-refractivity contribution in [1.29, 1.82) is 0 Å². The molecule has 3 rings (SSSR count). The molecule has 0 saturated heterocycles. The van der Waals surface area contributed by atoms with Crippen LogP contribution in [0.15, 0.2) is 30.9 Å². The molecule has 1 saturated carbocycles. The standard InChI is InChI=1S/C19H27N5O.ClH/c1-15-12-17(24-14-20-13-23-24)8-9-18(15)19(25)22-11-10-21-16-6-4-2-3-5-7-16;/h8-9,12-14,16,21H,2-7,10-11H2,1H3,(H,22,25);1H. The molecule has 1 aliphatic rings. The van der Waals surface area contributed by atoms with Gasteiger partial charge >= 0.3 is 0 Å². The van der Waals surface area contributed by atoms with E-state index in [-0.39, 0.29) is 18.3 Å². The van der Waals surface area contributed by atoms with E-state index >= 15 is 0 Å². The van der Waals surface area contributed by atoms with Crippen LogP contribution in [0.4, 0.5) is 0 Å². The maximum Gasteiger partial charge on any atom is 0.251 e. The first-order valence-electron chi connectivity index (χ1n) is 9.21. The highest BCUT2D eigenvalue weighted by atomic mass is 35.5. The molecule has 0 atom stereocenters. The average molecular weight is 378 g/mol. The first kappa shape index (κ1) is 20.4. The number of amides is 1. The number of aryl methyl sites for hydroxylation is 1. The van der Waals surface area contributed by atoms with Crippen LogP contribution in [0.5, 0.6) is 0 Å². The molecular formula is C19H28ClN5O. The Balaban J connectivity index is 0.00000243. The van der Waals surface area contributed by atoms with E-state index in [0.717, 1.165) is 17.8 Å². The van der Waals surface area contributed by atoms with Gasteiger partial charge < -0.3 is 10.6 Å². The summed E-state index contributed by atoms with van der Waals surface area (Å²) < 4.78 is 1.69. The molecule has 0 radical (unpaired) electrons. The Hall–Kier alpha value is -1.92. The van der Waals surface area contributed by atoms with Crippen molar-refractivity contribution in [2.24, 2.45) is 0 Å². The van der Waals surface area contributed by atoms with Gasteiger partial charge in [-0.05, 0) is 43.5 Å². The Kier molecular flexibility index (Phi) is 8.06. The highest BCUT2D eigenvalue weighted by Gasteiger charge is 2.12. The summed E-state index contributed by atoms with van der Waals surface area (Å²) in [6.07, 6.45) is 11.0. The molecule has 1 heterocycles. The van der Waals surface area contributed by atoms with E-state index in [9.17, 15) is 4.79 Å². The SMILES string of the molecule is Cc1cc(-n2cncn2)ccc1C(=O)NCCNC1CCCCCC1.Cl. The van der Waals surface area contributed by atoms with Crippen LogP contribution in [0, 0.1) is 6.92 Å². The van der Waals surface area contributed by atoms with Gasteiger partial charge in [-0.25, -0.2) is 9.67 Å². The van der Waals surface area contributed by atoms with Gasteiger partial charge in [-0.15, -0.1) is 12.4 Å². The van der Waals surface area contributed by atoms with Gasteiger partial charge in [0.1, 0.15) is 12.7 Å². The highest BCUT2D eigenvalue weighted by molar-refractivity contribution is 5.95. The number of carbonyl (C=O) groups is 1. The molecule has 1 amide bonds. The number of carbonyl (C=O) groups excluding carboxylic acids is 1. The van der Waals surface area contributed by atoms with E-state index in [2.05, 4.69) is 20.7 Å². The summed E-state index contributed by atoms with van der Waals surface area (Å²) in [6, 6.07) is 6.30. The number of halogens is 1. The van der Waals surface area contributed by atoms with Gasteiger partial charge in [-0.3, -0.25) is 4.79 Å². The normalized spacial score (nSPS) is 15.1. The maximum absolute atomic E-state index is 12.4. The van der Waals surface area contributed by atoms with E-state index in [0.29, 0.717) is 18.2 Å². The fourth-order valence-corrected chi connectivity index (χ4v) is 3.42. The second kappa shape index (κ2) is 10.3. The lowest BCUT2D eigenvalue weighted by molar-refractivity contribution is 0.0953. The third-order valence-corrected chi connectivity index (χ3v) is 4.84. The predicted molar refractivity (Wildman–Crippen MR) is 105 cm³/mol.